The zero-order chi connectivity index (χ0) is 25.1. The van der Waals surface area contributed by atoms with Gasteiger partial charge in [-0.2, -0.15) is 0 Å². The summed E-state index contributed by atoms with van der Waals surface area (Å²) in [5.41, 5.74) is 2.58. The zero-order valence-corrected chi connectivity index (χ0v) is 19.9. The predicted molar refractivity (Wildman–Crippen MR) is 122 cm³/mol. The maximum Gasteiger partial charge on any atom is 0.573 e. The van der Waals surface area contributed by atoms with Gasteiger partial charge in [0.2, 0.25) is 0 Å². The SMILES string of the molecule is Cc1cc(CN2CCN(Cc3ccc(OC(F)(F)F)cc3)CC2)cc(C)c1OC(C)(C)C(=O)O. The molecule has 1 N–H and O–H groups in total. The number of hydrogen-bond donors (Lipinski definition) is 1. The molecule has 0 unspecified atom stereocenters. The summed E-state index contributed by atoms with van der Waals surface area (Å²) in [7, 11) is 0. The highest BCUT2D eigenvalue weighted by atomic mass is 19.4. The van der Waals surface area contributed by atoms with E-state index in [0.717, 1.165) is 55.0 Å². The number of aryl methyl sites for hydroxylation is 2. The molecule has 186 valence electrons. The van der Waals surface area contributed by atoms with Gasteiger partial charge in [0.25, 0.3) is 0 Å². The van der Waals surface area contributed by atoms with Crippen molar-refractivity contribution >= 4 is 5.97 Å². The number of hydrogen-bond acceptors (Lipinski definition) is 5. The summed E-state index contributed by atoms with van der Waals surface area (Å²) in [6, 6.07) is 10.1. The van der Waals surface area contributed by atoms with E-state index < -0.39 is 17.9 Å². The summed E-state index contributed by atoms with van der Waals surface area (Å²) in [6.45, 7) is 11.8. The van der Waals surface area contributed by atoms with Gasteiger partial charge < -0.3 is 14.6 Å². The molecule has 9 heteroatoms. The van der Waals surface area contributed by atoms with Gasteiger partial charge in [-0.25, -0.2) is 4.79 Å². The molecular formula is C25H31F3N2O4. The van der Waals surface area contributed by atoms with Gasteiger partial charge in [0.05, 0.1) is 0 Å². The second-order valence-corrected chi connectivity index (χ2v) is 9.22. The maximum absolute atomic E-state index is 12.3. The van der Waals surface area contributed by atoms with Crippen LogP contribution in [0.25, 0.3) is 0 Å². The molecule has 1 aliphatic rings. The summed E-state index contributed by atoms with van der Waals surface area (Å²) in [6.07, 6.45) is -4.68. The van der Waals surface area contributed by atoms with E-state index in [0.29, 0.717) is 12.3 Å². The number of carboxylic acid groups (broad SMARTS) is 1. The van der Waals surface area contributed by atoms with Gasteiger partial charge in [0, 0.05) is 39.3 Å². The standard InChI is InChI=1S/C25H31F3N2O4/c1-17-13-20(14-18(2)22(17)34-24(3,4)23(31)32)16-30-11-9-29(10-12-30)15-19-5-7-21(8-6-19)33-25(26,27)28/h5-8,13-14H,9-12,15-16H2,1-4H3,(H,31,32). The van der Waals surface area contributed by atoms with Crippen molar-refractivity contribution in [3.8, 4) is 11.5 Å². The number of aliphatic carboxylic acids is 1. The fourth-order valence-electron chi connectivity index (χ4n) is 4.01. The number of benzene rings is 2. The van der Waals surface area contributed by atoms with Crippen molar-refractivity contribution in [2.45, 2.75) is 52.7 Å². The van der Waals surface area contributed by atoms with E-state index in [2.05, 4.69) is 14.5 Å². The molecule has 0 aliphatic carbocycles. The van der Waals surface area contributed by atoms with Crippen LogP contribution in [0.2, 0.25) is 0 Å². The molecule has 34 heavy (non-hydrogen) atoms. The lowest BCUT2D eigenvalue weighted by Crippen LogP contribution is -2.45. The molecule has 0 bridgehead atoms. The first-order valence-corrected chi connectivity index (χ1v) is 11.1. The minimum atomic E-state index is -4.68. The van der Waals surface area contributed by atoms with Crippen molar-refractivity contribution in [2.75, 3.05) is 26.2 Å². The van der Waals surface area contributed by atoms with Crippen LogP contribution in [-0.2, 0) is 17.9 Å². The molecular weight excluding hydrogens is 449 g/mol. The number of alkyl halides is 3. The van der Waals surface area contributed by atoms with Gasteiger partial charge in [-0.05, 0) is 62.1 Å². The van der Waals surface area contributed by atoms with E-state index >= 15 is 0 Å². The van der Waals surface area contributed by atoms with Gasteiger partial charge in [-0.15, -0.1) is 13.2 Å². The monoisotopic (exact) mass is 480 g/mol. The first-order chi connectivity index (χ1) is 15.8. The molecule has 1 fully saturated rings. The van der Waals surface area contributed by atoms with Crippen LogP contribution in [0.1, 0.15) is 36.1 Å². The summed E-state index contributed by atoms with van der Waals surface area (Å²) in [5, 5.41) is 9.34. The smallest absolute Gasteiger partial charge is 0.478 e. The molecule has 3 rings (SSSR count). The molecule has 0 spiro atoms. The first-order valence-electron chi connectivity index (χ1n) is 11.1. The molecule has 2 aromatic rings. The summed E-state index contributed by atoms with van der Waals surface area (Å²) >= 11 is 0. The number of carbonyl (C=O) groups is 1. The van der Waals surface area contributed by atoms with Crippen molar-refractivity contribution in [2.24, 2.45) is 0 Å². The third-order valence-corrected chi connectivity index (χ3v) is 5.83. The van der Waals surface area contributed by atoms with E-state index in [1.165, 1.54) is 26.0 Å². The van der Waals surface area contributed by atoms with Crippen LogP contribution in [0, 0.1) is 13.8 Å². The lowest BCUT2D eigenvalue weighted by Gasteiger charge is -2.35. The molecule has 2 aromatic carbocycles. The normalized spacial score (nSPS) is 15.9. The largest absolute Gasteiger partial charge is 0.573 e. The Morgan fingerprint density at radius 3 is 1.79 bits per heavy atom. The fraction of sp³-hybridized carbons (Fsp3) is 0.480. The van der Waals surface area contributed by atoms with Gasteiger partial charge in [0.1, 0.15) is 11.5 Å². The number of ether oxygens (including phenoxy) is 2. The Kier molecular flexibility index (Phi) is 7.77. The summed E-state index contributed by atoms with van der Waals surface area (Å²) < 4.78 is 46.6. The topological polar surface area (TPSA) is 62.2 Å². The quantitative estimate of drug-likeness (QED) is 0.588. The van der Waals surface area contributed by atoms with Crippen molar-refractivity contribution < 1.29 is 32.5 Å². The predicted octanol–water partition coefficient (Wildman–Crippen LogP) is 4.76. The highest BCUT2D eigenvalue weighted by Crippen LogP contribution is 2.29. The molecule has 1 aliphatic heterocycles. The number of rotatable bonds is 8. The van der Waals surface area contributed by atoms with E-state index in [-0.39, 0.29) is 5.75 Å². The van der Waals surface area contributed by atoms with Crippen molar-refractivity contribution in [1.82, 2.24) is 9.80 Å². The van der Waals surface area contributed by atoms with Crippen LogP contribution in [0.15, 0.2) is 36.4 Å². The Hall–Kier alpha value is -2.78. The molecule has 0 amide bonds. The Morgan fingerprint density at radius 1 is 0.882 bits per heavy atom. The highest BCUT2D eigenvalue weighted by molar-refractivity contribution is 5.77. The van der Waals surface area contributed by atoms with E-state index in [1.807, 2.05) is 26.0 Å². The molecule has 1 saturated heterocycles. The summed E-state index contributed by atoms with van der Waals surface area (Å²) in [4.78, 5) is 16.0. The van der Waals surface area contributed by atoms with Crippen LogP contribution >= 0.6 is 0 Å². The Labute approximate surface area is 197 Å². The van der Waals surface area contributed by atoms with Crippen molar-refractivity contribution in [1.29, 1.82) is 0 Å². The van der Waals surface area contributed by atoms with Crippen LogP contribution in [-0.4, -0.2) is 59.0 Å². The van der Waals surface area contributed by atoms with Gasteiger partial charge >= 0.3 is 12.3 Å². The number of piperazine rings is 1. The van der Waals surface area contributed by atoms with E-state index in [1.54, 1.807) is 12.1 Å². The van der Waals surface area contributed by atoms with Gasteiger partial charge in [-0.1, -0.05) is 24.3 Å². The summed E-state index contributed by atoms with van der Waals surface area (Å²) in [5.74, 6) is -0.624. The molecule has 0 aromatic heterocycles. The molecule has 0 radical (unpaired) electrons. The number of nitrogens with zero attached hydrogens (tertiary/aromatic N) is 2. The van der Waals surface area contributed by atoms with Crippen LogP contribution in [0.5, 0.6) is 11.5 Å². The van der Waals surface area contributed by atoms with Crippen molar-refractivity contribution in [3.05, 3.63) is 58.7 Å². The third kappa shape index (κ3) is 7.11. The van der Waals surface area contributed by atoms with Gasteiger partial charge in [0.15, 0.2) is 5.60 Å². The second kappa shape index (κ2) is 10.2. The second-order valence-electron chi connectivity index (χ2n) is 9.22. The maximum atomic E-state index is 12.3. The van der Waals surface area contributed by atoms with E-state index in [9.17, 15) is 23.1 Å². The average Bonchev–Trinajstić information content (AvgIpc) is 2.72. The Morgan fingerprint density at radius 2 is 1.35 bits per heavy atom. The first kappa shape index (κ1) is 25.8. The van der Waals surface area contributed by atoms with E-state index in [4.69, 9.17) is 4.74 Å². The van der Waals surface area contributed by atoms with Crippen LogP contribution in [0.3, 0.4) is 0 Å². The lowest BCUT2D eigenvalue weighted by molar-refractivity contribution is -0.274. The molecule has 0 saturated carbocycles. The average molecular weight is 481 g/mol. The Balaban J connectivity index is 1.52. The Bertz CT molecular complexity index is 975. The number of halogens is 3. The van der Waals surface area contributed by atoms with Crippen LogP contribution < -0.4 is 9.47 Å². The van der Waals surface area contributed by atoms with Crippen molar-refractivity contribution in [3.63, 3.8) is 0 Å². The van der Waals surface area contributed by atoms with Crippen LogP contribution in [0.4, 0.5) is 13.2 Å². The van der Waals surface area contributed by atoms with Gasteiger partial charge in [-0.3, -0.25) is 9.80 Å². The molecule has 6 nitrogen and oxygen atoms in total. The highest BCUT2D eigenvalue weighted by Gasteiger charge is 2.31. The minimum absolute atomic E-state index is 0.213. The third-order valence-electron chi connectivity index (χ3n) is 5.83. The molecule has 0 atom stereocenters. The lowest BCUT2D eigenvalue weighted by atomic mass is 10.0. The molecule has 1 heterocycles. The fourth-order valence-corrected chi connectivity index (χ4v) is 4.01. The number of carboxylic acids is 1. The zero-order valence-electron chi connectivity index (χ0n) is 19.9. The minimum Gasteiger partial charge on any atom is -0.478 e.